The summed E-state index contributed by atoms with van der Waals surface area (Å²) in [6.45, 7) is 7.39. The summed E-state index contributed by atoms with van der Waals surface area (Å²) in [5.41, 5.74) is 1.73. The molecule has 1 N–H and O–H groups in total. The van der Waals surface area contributed by atoms with Gasteiger partial charge in [0.1, 0.15) is 0 Å². The van der Waals surface area contributed by atoms with Crippen LogP contribution in [0.5, 0.6) is 0 Å². The van der Waals surface area contributed by atoms with Gasteiger partial charge in [-0.15, -0.1) is 10.2 Å². The average molecular weight is 315 g/mol. The average Bonchev–Trinajstić information content (AvgIpc) is 3.11. The summed E-state index contributed by atoms with van der Waals surface area (Å²) < 4.78 is 5.82. The van der Waals surface area contributed by atoms with Crippen molar-refractivity contribution in [3.8, 4) is 0 Å². The molecule has 0 aliphatic carbocycles. The molecule has 1 aromatic carbocycles. The lowest BCUT2D eigenvalue weighted by Gasteiger charge is -2.32. The number of hydrogen-bond acceptors (Lipinski definition) is 5. The predicted molar refractivity (Wildman–Crippen MR) is 88.0 cm³/mol. The molecule has 1 aliphatic heterocycles. The van der Waals surface area contributed by atoms with Crippen LogP contribution in [0, 0.1) is 6.92 Å². The highest BCUT2D eigenvalue weighted by molar-refractivity contribution is 5.27. The Bertz CT molecular complexity index is 660. The van der Waals surface area contributed by atoms with E-state index in [1.807, 2.05) is 26.0 Å². The molecule has 0 amide bonds. The first kappa shape index (κ1) is 16.1. The summed E-state index contributed by atoms with van der Waals surface area (Å²) >= 11 is 0. The van der Waals surface area contributed by atoms with Crippen molar-refractivity contribution in [2.75, 3.05) is 6.54 Å². The number of nitrogens with zero attached hydrogens (tertiary/aromatic N) is 3. The molecule has 2 heterocycles. The van der Waals surface area contributed by atoms with Gasteiger partial charge < -0.3 is 9.52 Å². The molecule has 1 fully saturated rings. The topological polar surface area (TPSA) is 62.4 Å². The van der Waals surface area contributed by atoms with E-state index < -0.39 is 5.60 Å². The fourth-order valence-electron chi connectivity index (χ4n) is 3.38. The minimum absolute atomic E-state index is 0.147. The Labute approximate surface area is 137 Å². The second-order valence-corrected chi connectivity index (χ2v) is 6.97. The maximum atomic E-state index is 10.3. The van der Waals surface area contributed by atoms with E-state index in [1.165, 1.54) is 11.1 Å². The van der Waals surface area contributed by atoms with Crippen molar-refractivity contribution in [3.05, 3.63) is 47.2 Å². The third-order valence-corrected chi connectivity index (χ3v) is 4.63. The van der Waals surface area contributed by atoms with E-state index in [9.17, 15) is 5.11 Å². The number of aromatic nitrogens is 2. The van der Waals surface area contributed by atoms with Crippen molar-refractivity contribution in [1.29, 1.82) is 0 Å². The first-order valence-electron chi connectivity index (χ1n) is 8.25. The van der Waals surface area contributed by atoms with Crippen LogP contribution in [0.4, 0.5) is 0 Å². The van der Waals surface area contributed by atoms with Gasteiger partial charge in [-0.3, -0.25) is 4.90 Å². The lowest BCUT2D eigenvalue weighted by Crippen LogP contribution is -2.45. The second-order valence-electron chi connectivity index (χ2n) is 6.97. The lowest BCUT2D eigenvalue weighted by atomic mass is 9.97. The summed E-state index contributed by atoms with van der Waals surface area (Å²) in [6, 6.07) is 8.38. The molecule has 1 aromatic heterocycles. The Hall–Kier alpha value is -1.72. The molecule has 0 spiro atoms. The zero-order valence-electron chi connectivity index (χ0n) is 14.1. The van der Waals surface area contributed by atoms with Gasteiger partial charge in [-0.05, 0) is 51.3 Å². The second kappa shape index (κ2) is 6.42. The molecular formula is C18H25N3O2. The van der Waals surface area contributed by atoms with Gasteiger partial charge in [-0.25, -0.2) is 0 Å². The third kappa shape index (κ3) is 3.79. The first-order chi connectivity index (χ1) is 10.9. The van der Waals surface area contributed by atoms with Crippen LogP contribution in [-0.4, -0.2) is 38.4 Å². The highest BCUT2D eigenvalue weighted by Crippen LogP contribution is 2.28. The van der Waals surface area contributed by atoms with E-state index in [2.05, 4.69) is 34.2 Å². The molecule has 1 atom stereocenters. The molecule has 1 aliphatic rings. The van der Waals surface area contributed by atoms with Crippen molar-refractivity contribution >= 4 is 0 Å². The van der Waals surface area contributed by atoms with E-state index in [4.69, 9.17) is 4.42 Å². The molecule has 3 rings (SSSR count). The molecule has 0 bridgehead atoms. The maximum Gasteiger partial charge on any atom is 0.230 e. The van der Waals surface area contributed by atoms with Crippen molar-refractivity contribution in [3.63, 3.8) is 0 Å². The van der Waals surface area contributed by atoms with E-state index >= 15 is 0 Å². The Morgan fingerprint density at radius 3 is 2.74 bits per heavy atom. The summed E-state index contributed by atoms with van der Waals surface area (Å²) in [5, 5.41) is 18.6. The number of rotatable bonds is 5. The van der Waals surface area contributed by atoms with Crippen LogP contribution in [0.3, 0.4) is 0 Å². The monoisotopic (exact) mass is 315 g/mol. The molecule has 0 radical (unpaired) electrons. The highest BCUT2D eigenvalue weighted by atomic mass is 16.4. The predicted octanol–water partition coefficient (Wildman–Crippen LogP) is 2.70. The van der Waals surface area contributed by atoms with Gasteiger partial charge in [0.05, 0.1) is 18.6 Å². The zero-order chi connectivity index (χ0) is 16.4. The van der Waals surface area contributed by atoms with Crippen molar-refractivity contribution in [1.82, 2.24) is 15.1 Å². The summed E-state index contributed by atoms with van der Waals surface area (Å²) in [5.74, 6) is 1.28. The van der Waals surface area contributed by atoms with Crippen LogP contribution in [0.15, 0.2) is 28.7 Å². The molecule has 0 saturated carbocycles. The normalized spacial score (nSPS) is 19.4. The van der Waals surface area contributed by atoms with E-state index in [0.29, 0.717) is 24.7 Å². The van der Waals surface area contributed by atoms with E-state index in [-0.39, 0.29) is 6.04 Å². The zero-order valence-corrected chi connectivity index (χ0v) is 14.1. The fraction of sp³-hybridized carbons (Fsp3) is 0.556. The van der Waals surface area contributed by atoms with Gasteiger partial charge >= 0.3 is 0 Å². The lowest BCUT2D eigenvalue weighted by molar-refractivity contribution is -0.00734. The van der Waals surface area contributed by atoms with Gasteiger partial charge in [0.25, 0.3) is 0 Å². The van der Waals surface area contributed by atoms with Crippen LogP contribution in [0.2, 0.25) is 0 Å². The van der Waals surface area contributed by atoms with Crippen molar-refractivity contribution in [2.45, 2.75) is 58.2 Å². The molecule has 23 heavy (non-hydrogen) atoms. The highest BCUT2D eigenvalue weighted by Gasteiger charge is 2.36. The summed E-state index contributed by atoms with van der Waals surface area (Å²) in [6.07, 6.45) is 2.77. The molecule has 124 valence electrons. The molecule has 5 heteroatoms. The number of hydrogen-bond donors (Lipinski definition) is 1. The van der Waals surface area contributed by atoms with E-state index in [1.54, 1.807) is 0 Å². The molecule has 5 nitrogen and oxygen atoms in total. The Morgan fingerprint density at radius 1 is 1.26 bits per heavy atom. The van der Waals surface area contributed by atoms with Gasteiger partial charge in [0.15, 0.2) is 0 Å². The van der Waals surface area contributed by atoms with Gasteiger partial charge in [0, 0.05) is 6.04 Å². The van der Waals surface area contributed by atoms with Gasteiger partial charge in [0.2, 0.25) is 11.8 Å². The molecular weight excluding hydrogens is 290 g/mol. The maximum absolute atomic E-state index is 10.3. The van der Waals surface area contributed by atoms with E-state index in [0.717, 1.165) is 19.4 Å². The van der Waals surface area contributed by atoms with Crippen molar-refractivity contribution < 1.29 is 9.52 Å². The first-order valence-corrected chi connectivity index (χ1v) is 8.25. The number of benzene rings is 1. The smallest absolute Gasteiger partial charge is 0.230 e. The van der Waals surface area contributed by atoms with Gasteiger partial charge in [-0.2, -0.15) is 0 Å². The van der Waals surface area contributed by atoms with Gasteiger partial charge in [-0.1, -0.05) is 24.3 Å². The Morgan fingerprint density at radius 2 is 2.00 bits per heavy atom. The van der Waals surface area contributed by atoms with Crippen LogP contribution in [0.25, 0.3) is 0 Å². The SMILES string of the molecule is Cc1ccccc1Cc1nnc(CN2CCCC2C(C)(C)O)o1. The molecule has 1 unspecified atom stereocenters. The molecule has 2 aromatic rings. The summed E-state index contributed by atoms with van der Waals surface area (Å²) in [4.78, 5) is 2.24. The standard InChI is InChI=1S/C18H25N3O2/c1-13-7-4-5-8-14(13)11-16-19-20-17(23-16)12-21-10-6-9-15(21)18(2,3)22/h4-5,7-8,15,22H,6,9-12H2,1-3H3. The quantitative estimate of drug-likeness (QED) is 0.919. The van der Waals surface area contributed by atoms with Crippen LogP contribution in [0.1, 0.15) is 49.6 Å². The summed E-state index contributed by atoms with van der Waals surface area (Å²) in [7, 11) is 0. The van der Waals surface area contributed by atoms with Crippen LogP contribution < -0.4 is 0 Å². The Kier molecular flexibility index (Phi) is 4.50. The largest absolute Gasteiger partial charge is 0.424 e. The number of aliphatic hydroxyl groups is 1. The van der Waals surface area contributed by atoms with Crippen molar-refractivity contribution in [2.24, 2.45) is 0 Å². The Balaban J connectivity index is 1.67. The third-order valence-electron chi connectivity index (χ3n) is 4.63. The van der Waals surface area contributed by atoms with Crippen LogP contribution >= 0.6 is 0 Å². The number of aryl methyl sites for hydroxylation is 1. The minimum Gasteiger partial charge on any atom is -0.424 e. The van der Waals surface area contributed by atoms with Crippen LogP contribution in [-0.2, 0) is 13.0 Å². The molecule has 1 saturated heterocycles. The minimum atomic E-state index is -0.708. The fourth-order valence-corrected chi connectivity index (χ4v) is 3.38. The number of likely N-dealkylation sites (tertiary alicyclic amines) is 1.